The van der Waals surface area contributed by atoms with E-state index in [9.17, 15) is 14.4 Å². The second kappa shape index (κ2) is 7.58. The zero-order valence-electron chi connectivity index (χ0n) is 19.3. The van der Waals surface area contributed by atoms with Gasteiger partial charge < -0.3 is 9.72 Å². The van der Waals surface area contributed by atoms with Gasteiger partial charge in [0.2, 0.25) is 11.8 Å². The van der Waals surface area contributed by atoms with Gasteiger partial charge in [-0.1, -0.05) is 47.2 Å². The van der Waals surface area contributed by atoms with E-state index in [1.54, 1.807) is 18.9 Å². The van der Waals surface area contributed by atoms with Gasteiger partial charge in [0.1, 0.15) is 5.75 Å². The van der Waals surface area contributed by atoms with Gasteiger partial charge in [-0.25, -0.2) is 0 Å². The van der Waals surface area contributed by atoms with Crippen molar-refractivity contribution in [2.75, 3.05) is 12.0 Å². The fourth-order valence-electron chi connectivity index (χ4n) is 7.24. The average molecular weight is 505 g/mol. The molecule has 8 heteroatoms. The highest BCUT2D eigenvalue weighted by atomic mass is 32.2. The maximum absolute atomic E-state index is 13.8. The Balaban J connectivity index is 1.34. The third kappa shape index (κ3) is 2.87. The number of carbonyl (C=O) groups is 2. The Labute approximate surface area is 210 Å². The van der Waals surface area contributed by atoms with Crippen molar-refractivity contribution < 1.29 is 14.3 Å². The van der Waals surface area contributed by atoms with Crippen LogP contribution in [-0.4, -0.2) is 29.2 Å². The maximum atomic E-state index is 13.8. The van der Waals surface area contributed by atoms with E-state index in [4.69, 9.17) is 4.74 Å². The number of aromatic amines is 1. The molecule has 1 saturated heterocycles. The number of carbonyl (C=O) groups excluding carboxylic acids is 2. The Kier molecular flexibility index (Phi) is 4.64. The zero-order valence-corrected chi connectivity index (χ0v) is 20.9. The van der Waals surface area contributed by atoms with Crippen molar-refractivity contribution in [1.82, 2.24) is 4.98 Å². The topological polar surface area (TPSA) is 79.5 Å². The van der Waals surface area contributed by atoms with Gasteiger partial charge in [-0.2, -0.15) is 0 Å². The summed E-state index contributed by atoms with van der Waals surface area (Å²) in [5, 5.41) is 1.08. The lowest BCUT2D eigenvalue weighted by Crippen LogP contribution is -2.42. The molecule has 2 aromatic carbocycles. The molecule has 7 rings (SSSR count). The molecule has 1 N–H and O–H groups in total. The molecule has 2 saturated carbocycles. The van der Waals surface area contributed by atoms with Gasteiger partial charge in [0.05, 0.1) is 29.7 Å². The van der Waals surface area contributed by atoms with Crippen LogP contribution >= 0.6 is 23.1 Å². The molecular formula is C27H24N2O4S2. The fourth-order valence-corrected chi connectivity index (χ4v) is 10.1. The van der Waals surface area contributed by atoms with Crippen LogP contribution in [0.3, 0.4) is 0 Å². The normalized spacial score (nSPS) is 32.5. The molecule has 35 heavy (non-hydrogen) atoms. The maximum Gasteiger partial charge on any atom is 0.305 e. The van der Waals surface area contributed by atoms with Crippen LogP contribution in [-0.2, 0) is 9.59 Å². The Morgan fingerprint density at radius 2 is 1.69 bits per heavy atom. The Morgan fingerprint density at radius 1 is 0.971 bits per heavy atom. The molecule has 2 amide bonds. The molecule has 0 spiro atoms. The second-order valence-corrected chi connectivity index (χ2v) is 12.3. The average Bonchev–Trinajstić information content (AvgIpc) is 3.59. The van der Waals surface area contributed by atoms with Crippen molar-refractivity contribution in [3.05, 3.63) is 74.2 Å². The summed E-state index contributed by atoms with van der Waals surface area (Å²) in [4.78, 5) is 45.3. The molecule has 2 aliphatic heterocycles. The van der Waals surface area contributed by atoms with Crippen molar-refractivity contribution in [3.8, 4) is 5.75 Å². The molecule has 4 aliphatic rings. The van der Waals surface area contributed by atoms with Crippen molar-refractivity contribution in [3.63, 3.8) is 0 Å². The molecular weight excluding hydrogens is 480 g/mol. The number of para-hydroxylation sites is 1. The van der Waals surface area contributed by atoms with Crippen LogP contribution in [0, 0.1) is 36.5 Å². The van der Waals surface area contributed by atoms with Crippen molar-refractivity contribution in [2.24, 2.45) is 29.6 Å². The number of aromatic nitrogens is 1. The van der Waals surface area contributed by atoms with E-state index in [2.05, 4.69) is 11.1 Å². The summed E-state index contributed by atoms with van der Waals surface area (Å²) in [6.07, 6.45) is 0.877. The monoisotopic (exact) mass is 504 g/mol. The van der Waals surface area contributed by atoms with Crippen LogP contribution in [0.1, 0.15) is 28.3 Å². The summed E-state index contributed by atoms with van der Waals surface area (Å²) in [6.45, 7) is 2.00. The minimum absolute atomic E-state index is 0.0383. The minimum atomic E-state index is -0.301. The number of fused-ring (bicyclic) bond motifs is 9. The predicted octanol–water partition coefficient (Wildman–Crippen LogP) is 4.43. The van der Waals surface area contributed by atoms with Gasteiger partial charge in [0, 0.05) is 21.6 Å². The molecule has 178 valence electrons. The van der Waals surface area contributed by atoms with Crippen molar-refractivity contribution in [1.29, 1.82) is 0 Å². The first-order valence-electron chi connectivity index (χ1n) is 11.9. The number of nitrogens with one attached hydrogen (secondary N) is 1. The standard InChI is InChI=1S/C27H24N2O4S2/c1-12-7-9-13(10-8-12)29-25(30)20-15-11-16(21(20)26(29)31)22-19(15)18(14-5-3-4-6-17(14)33-2)23-24(34-22)28-27(32)35-23/h3-10,15-16,18-22H,11H2,1-2H3,(H,28,32)/t15-,16+,18-,19-,20+,21+,22-/m1/s1. The molecule has 3 heterocycles. The number of imide groups is 1. The zero-order chi connectivity index (χ0) is 24.0. The van der Waals surface area contributed by atoms with Crippen LogP contribution < -0.4 is 14.5 Å². The summed E-state index contributed by atoms with van der Waals surface area (Å²) in [5.41, 5.74) is 2.81. The number of thiazole rings is 1. The van der Waals surface area contributed by atoms with Crippen LogP contribution in [0.4, 0.5) is 5.69 Å². The number of H-pyrrole nitrogens is 1. The molecule has 0 unspecified atom stereocenters. The number of nitrogens with zero attached hydrogens (tertiary/aromatic N) is 1. The molecule has 1 aromatic heterocycles. The lowest BCUT2D eigenvalue weighted by Gasteiger charge is -2.43. The Morgan fingerprint density at radius 3 is 2.43 bits per heavy atom. The Hall–Kier alpha value is -2.84. The van der Waals surface area contributed by atoms with E-state index in [1.807, 2.05) is 49.4 Å². The number of thioether (sulfide) groups is 1. The van der Waals surface area contributed by atoms with Gasteiger partial charge in [0.15, 0.2) is 0 Å². The minimum Gasteiger partial charge on any atom is -0.496 e. The number of ether oxygens (including phenoxy) is 1. The van der Waals surface area contributed by atoms with Gasteiger partial charge in [-0.3, -0.25) is 19.3 Å². The number of methoxy groups -OCH3 is 1. The van der Waals surface area contributed by atoms with Crippen molar-refractivity contribution >= 4 is 40.6 Å². The van der Waals surface area contributed by atoms with Crippen LogP contribution in [0.15, 0.2) is 58.4 Å². The predicted molar refractivity (Wildman–Crippen MR) is 135 cm³/mol. The molecule has 2 bridgehead atoms. The number of hydrogen-bond donors (Lipinski definition) is 1. The van der Waals surface area contributed by atoms with E-state index >= 15 is 0 Å². The number of anilines is 1. The smallest absolute Gasteiger partial charge is 0.305 e. The number of rotatable bonds is 3. The summed E-state index contributed by atoms with van der Waals surface area (Å²) in [5.74, 6) is 0.415. The molecule has 3 fully saturated rings. The third-order valence-electron chi connectivity index (χ3n) is 8.49. The van der Waals surface area contributed by atoms with Crippen LogP contribution in [0.25, 0.3) is 0 Å². The highest BCUT2D eigenvalue weighted by Crippen LogP contribution is 2.69. The summed E-state index contributed by atoms with van der Waals surface area (Å²) in [7, 11) is 1.67. The van der Waals surface area contributed by atoms with Crippen LogP contribution in [0.5, 0.6) is 5.75 Å². The second-order valence-electron chi connectivity index (χ2n) is 10.0. The first-order valence-corrected chi connectivity index (χ1v) is 13.6. The molecule has 2 aliphatic carbocycles. The quantitative estimate of drug-likeness (QED) is 0.534. The SMILES string of the molecule is COc1ccccc1[C@H]1c2sc(=O)[nH]c2S[C@@H]2[C@H]3C[C@@H]([C@@H]4C(=O)N(c5ccc(C)cc5)C(=O)[C@@H]34)[C@H]12. The van der Waals surface area contributed by atoms with Gasteiger partial charge in [-0.15, -0.1) is 11.8 Å². The number of amides is 2. The molecule has 0 radical (unpaired) electrons. The summed E-state index contributed by atoms with van der Waals surface area (Å²) < 4.78 is 5.74. The van der Waals surface area contributed by atoms with E-state index in [1.165, 1.54) is 16.2 Å². The largest absolute Gasteiger partial charge is 0.496 e. The third-order valence-corrected chi connectivity index (χ3v) is 11.1. The first-order chi connectivity index (χ1) is 17.0. The lowest BCUT2D eigenvalue weighted by molar-refractivity contribution is -0.123. The lowest BCUT2D eigenvalue weighted by atomic mass is 9.68. The molecule has 7 atom stereocenters. The highest BCUT2D eigenvalue weighted by molar-refractivity contribution is 8.00. The Bertz CT molecular complexity index is 1430. The first kappa shape index (κ1) is 21.4. The van der Waals surface area contributed by atoms with Gasteiger partial charge in [-0.05, 0) is 49.3 Å². The van der Waals surface area contributed by atoms with Crippen LogP contribution in [0.2, 0.25) is 0 Å². The molecule has 3 aromatic rings. The van der Waals surface area contributed by atoms with E-state index in [0.717, 1.165) is 33.2 Å². The van der Waals surface area contributed by atoms with E-state index < -0.39 is 0 Å². The number of benzene rings is 2. The fraction of sp³-hybridized carbons (Fsp3) is 0.370. The van der Waals surface area contributed by atoms with Gasteiger partial charge >= 0.3 is 4.87 Å². The van der Waals surface area contributed by atoms with E-state index in [0.29, 0.717) is 5.69 Å². The highest BCUT2D eigenvalue weighted by Gasteiger charge is 2.69. The summed E-state index contributed by atoms with van der Waals surface area (Å²) >= 11 is 2.97. The summed E-state index contributed by atoms with van der Waals surface area (Å²) in [6, 6.07) is 15.6. The van der Waals surface area contributed by atoms with Crippen molar-refractivity contribution in [2.45, 2.75) is 29.5 Å². The van der Waals surface area contributed by atoms with Gasteiger partial charge in [0.25, 0.3) is 0 Å². The number of aryl methyl sites for hydroxylation is 1. The molecule has 6 nitrogen and oxygen atoms in total. The van der Waals surface area contributed by atoms with E-state index in [-0.39, 0.29) is 57.4 Å². The number of hydrogen-bond acceptors (Lipinski definition) is 6.